The minimum Gasteiger partial charge on any atom is -0.349 e. The molecule has 25 heavy (non-hydrogen) atoms. The molecule has 0 aliphatic rings. The molecule has 5 nitrogen and oxygen atoms in total. The second-order valence-corrected chi connectivity index (χ2v) is 8.16. The van der Waals surface area contributed by atoms with Crippen LogP contribution in [0.4, 0.5) is 5.69 Å². The van der Waals surface area contributed by atoms with Crippen molar-refractivity contribution in [2.75, 3.05) is 11.0 Å². The highest BCUT2D eigenvalue weighted by atomic mass is 32.2. The molecule has 2 aromatic carbocycles. The van der Waals surface area contributed by atoms with Gasteiger partial charge in [-0.3, -0.25) is 9.52 Å². The van der Waals surface area contributed by atoms with Gasteiger partial charge in [0.2, 0.25) is 10.0 Å². The quantitative estimate of drug-likeness (QED) is 0.831. The zero-order chi connectivity index (χ0) is 18.6. The Bertz CT molecular complexity index is 876. The van der Waals surface area contributed by atoms with Crippen LogP contribution in [0, 0.1) is 13.8 Å². The summed E-state index contributed by atoms with van der Waals surface area (Å²) < 4.78 is 25.3. The molecule has 0 aliphatic carbocycles. The summed E-state index contributed by atoms with van der Waals surface area (Å²) in [6.07, 6.45) is 1.82. The Morgan fingerprint density at radius 1 is 1.08 bits per heavy atom. The van der Waals surface area contributed by atoms with E-state index in [9.17, 15) is 13.2 Å². The summed E-state index contributed by atoms with van der Waals surface area (Å²) in [6, 6.07) is 13.0. The Labute approximate surface area is 149 Å². The van der Waals surface area contributed by atoms with Crippen LogP contribution in [0.15, 0.2) is 42.5 Å². The highest BCUT2D eigenvalue weighted by molar-refractivity contribution is 7.92. The number of hydrogen-bond donors (Lipinski definition) is 2. The molecule has 0 radical (unpaired) electrons. The zero-order valence-electron chi connectivity index (χ0n) is 15.0. The van der Waals surface area contributed by atoms with Crippen molar-refractivity contribution in [3.63, 3.8) is 0 Å². The Balaban J connectivity index is 2.10. The zero-order valence-corrected chi connectivity index (χ0v) is 15.8. The van der Waals surface area contributed by atoms with Gasteiger partial charge in [0.05, 0.1) is 11.9 Å². The van der Waals surface area contributed by atoms with Gasteiger partial charge in [-0.25, -0.2) is 8.42 Å². The van der Waals surface area contributed by atoms with E-state index in [4.69, 9.17) is 0 Å². The van der Waals surface area contributed by atoms with Crippen LogP contribution in [0.25, 0.3) is 0 Å². The number of carbonyl (C=O) groups excluding carboxylic acids is 1. The average Bonchev–Trinajstić information content (AvgIpc) is 2.50. The highest BCUT2D eigenvalue weighted by Gasteiger charge is 2.14. The van der Waals surface area contributed by atoms with Crippen LogP contribution in [0.5, 0.6) is 0 Å². The number of anilines is 1. The molecule has 0 saturated carbocycles. The first kappa shape index (κ1) is 19.0. The molecule has 0 saturated heterocycles. The van der Waals surface area contributed by atoms with Gasteiger partial charge in [0.25, 0.3) is 5.91 Å². The molecule has 1 amide bonds. The maximum Gasteiger partial charge on any atom is 0.251 e. The first-order valence-electron chi connectivity index (χ1n) is 8.09. The van der Waals surface area contributed by atoms with Crippen molar-refractivity contribution in [3.8, 4) is 0 Å². The van der Waals surface area contributed by atoms with Gasteiger partial charge in [0.15, 0.2) is 0 Å². The Morgan fingerprint density at radius 3 is 2.40 bits per heavy atom. The lowest BCUT2D eigenvalue weighted by Crippen LogP contribution is -2.34. The first-order chi connectivity index (χ1) is 11.7. The van der Waals surface area contributed by atoms with Crippen molar-refractivity contribution in [1.82, 2.24) is 5.32 Å². The topological polar surface area (TPSA) is 75.3 Å². The van der Waals surface area contributed by atoms with E-state index in [2.05, 4.69) is 16.1 Å². The molecule has 0 spiro atoms. The number of hydrogen-bond acceptors (Lipinski definition) is 3. The predicted octanol–water partition coefficient (Wildman–Crippen LogP) is 3.04. The fourth-order valence-electron chi connectivity index (χ4n) is 2.60. The standard InChI is InChI=1S/C19H24N2O3S/c1-13-7-5-6-8-16(13)11-15(3)20-19(22)17-10-9-14(2)18(12-17)21-25(4,23)24/h5-10,12,15,21H,11H2,1-4H3,(H,20,22)/t15-/m1/s1. The molecule has 0 unspecified atom stereocenters. The van der Waals surface area contributed by atoms with E-state index in [0.717, 1.165) is 18.2 Å². The SMILES string of the molecule is Cc1ccccc1C[C@@H](C)NC(=O)c1ccc(C)c(NS(C)(=O)=O)c1. The lowest BCUT2D eigenvalue weighted by molar-refractivity contribution is 0.0940. The van der Waals surface area contributed by atoms with E-state index in [-0.39, 0.29) is 11.9 Å². The third kappa shape index (κ3) is 5.60. The Hall–Kier alpha value is -2.34. The third-order valence-corrected chi connectivity index (χ3v) is 4.55. The number of amides is 1. The Morgan fingerprint density at radius 2 is 1.76 bits per heavy atom. The van der Waals surface area contributed by atoms with E-state index in [1.165, 1.54) is 11.1 Å². The summed E-state index contributed by atoms with van der Waals surface area (Å²) in [5.74, 6) is -0.224. The van der Waals surface area contributed by atoms with Gasteiger partial charge in [-0.1, -0.05) is 30.3 Å². The first-order valence-corrected chi connectivity index (χ1v) is 9.98. The van der Waals surface area contributed by atoms with Gasteiger partial charge < -0.3 is 5.32 Å². The molecular weight excluding hydrogens is 336 g/mol. The predicted molar refractivity (Wildman–Crippen MR) is 101 cm³/mol. The van der Waals surface area contributed by atoms with Crippen LogP contribution >= 0.6 is 0 Å². The summed E-state index contributed by atoms with van der Waals surface area (Å²) in [6.45, 7) is 5.79. The number of sulfonamides is 1. The molecule has 0 fully saturated rings. The summed E-state index contributed by atoms with van der Waals surface area (Å²) in [5, 5.41) is 2.97. The smallest absolute Gasteiger partial charge is 0.251 e. The van der Waals surface area contributed by atoms with Crippen LogP contribution in [0.2, 0.25) is 0 Å². The number of benzene rings is 2. The number of aryl methyl sites for hydroxylation is 2. The van der Waals surface area contributed by atoms with Crippen LogP contribution in [-0.2, 0) is 16.4 Å². The molecule has 0 bridgehead atoms. The van der Waals surface area contributed by atoms with Crippen molar-refractivity contribution >= 4 is 21.6 Å². The monoisotopic (exact) mass is 360 g/mol. The van der Waals surface area contributed by atoms with Gasteiger partial charge in [0.1, 0.15) is 0 Å². The summed E-state index contributed by atoms with van der Waals surface area (Å²) in [7, 11) is -3.39. The van der Waals surface area contributed by atoms with Crippen molar-refractivity contribution in [2.24, 2.45) is 0 Å². The number of carbonyl (C=O) groups is 1. The molecule has 2 N–H and O–H groups in total. The van der Waals surface area contributed by atoms with Crippen molar-refractivity contribution in [2.45, 2.75) is 33.2 Å². The van der Waals surface area contributed by atoms with Crippen LogP contribution in [0.1, 0.15) is 34.0 Å². The maximum absolute atomic E-state index is 12.5. The summed E-state index contributed by atoms with van der Waals surface area (Å²) in [5.41, 5.74) is 3.99. The normalized spacial score (nSPS) is 12.5. The van der Waals surface area contributed by atoms with E-state index in [1.54, 1.807) is 25.1 Å². The van der Waals surface area contributed by atoms with Gasteiger partial charge >= 0.3 is 0 Å². The third-order valence-electron chi connectivity index (χ3n) is 3.96. The van der Waals surface area contributed by atoms with E-state index < -0.39 is 10.0 Å². The molecule has 134 valence electrons. The minimum atomic E-state index is -3.39. The van der Waals surface area contributed by atoms with Crippen LogP contribution < -0.4 is 10.0 Å². The minimum absolute atomic E-state index is 0.0405. The van der Waals surface area contributed by atoms with Gasteiger partial charge in [-0.2, -0.15) is 0 Å². The average molecular weight is 360 g/mol. The van der Waals surface area contributed by atoms with Gasteiger partial charge in [-0.05, 0) is 56.0 Å². The fourth-order valence-corrected chi connectivity index (χ4v) is 3.22. The summed E-state index contributed by atoms with van der Waals surface area (Å²) >= 11 is 0. The second-order valence-electron chi connectivity index (χ2n) is 6.41. The maximum atomic E-state index is 12.5. The van der Waals surface area contributed by atoms with Crippen molar-refractivity contribution in [3.05, 3.63) is 64.7 Å². The van der Waals surface area contributed by atoms with Crippen LogP contribution in [0.3, 0.4) is 0 Å². The van der Waals surface area contributed by atoms with Gasteiger partial charge in [0, 0.05) is 11.6 Å². The molecule has 2 rings (SSSR count). The van der Waals surface area contributed by atoms with Crippen molar-refractivity contribution < 1.29 is 13.2 Å². The highest BCUT2D eigenvalue weighted by Crippen LogP contribution is 2.18. The molecule has 0 aromatic heterocycles. The number of nitrogens with one attached hydrogen (secondary N) is 2. The molecule has 1 atom stereocenters. The van der Waals surface area contributed by atoms with Gasteiger partial charge in [-0.15, -0.1) is 0 Å². The molecular formula is C19H24N2O3S. The Kier molecular flexibility index (Phi) is 5.85. The fraction of sp³-hybridized carbons (Fsp3) is 0.316. The van der Waals surface area contributed by atoms with Crippen LogP contribution in [-0.4, -0.2) is 26.6 Å². The van der Waals surface area contributed by atoms with Crippen molar-refractivity contribution in [1.29, 1.82) is 0 Å². The summed E-state index contributed by atoms with van der Waals surface area (Å²) in [4.78, 5) is 12.5. The van der Waals surface area contributed by atoms with E-state index >= 15 is 0 Å². The number of rotatable bonds is 6. The van der Waals surface area contributed by atoms with E-state index in [1.807, 2.05) is 32.0 Å². The molecule has 0 heterocycles. The lowest BCUT2D eigenvalue weighted by atomic mass is 10.0. The second kappa shape index (κ2) is 7.70. The molecule has 0 aliphatic heterocycles. The van der Waals surface area contributed by atoms with E-state index in [0.29, 0.717) is 11.3 Å². The lowest BCUT2D eigenvalue weighted by Gasteiger charge is -2.16. The molecule has 6 heteroatoms. The molecule has 2 aromatic rings. The largest absolute Gasteiger partial charge is 0.349 e.